The van der Waals surface area contributed by atoms with Gasteiger partial charge in [0, 0.05) is 6.20 Å². The van der Waals surface area contributed by atoms with Gasteiger partial charge in [0.1, 0.15) is 5.75 Å². The van der Waals surface area contributed by atoms with E-state index in [-0.39, 0.29) is 0 Å². The standard InChI is InChI=1S/C14H24N2O/c1-4-7-15-8-6-12(3)13-9-14(17-5-2)11-16-10-13/h9-12,15H,4-8H2,1-3H3. The van der Waals surface area contributed by atoms with E-state index in [0.717, 1.165) is 25.3 Å². The molecule has 0 spiro atoms. The number of nitrogens with zero attached hydrogens (tertiary/aromatic N) is 1. The van der Waals surface area contributed by atoms with Crippen LogP contribution in [-0.4, -0.2) is 24.7 Å². The first kappa shape index (κ1) is 14.0. The van der Waals surface area contributed by atoms with E-state index in [2.05, 4.69) is 30.2 Å². The second-order valence-corrected chi connectivity index (χ2v) is 4.33. The highest BCUT2D eigenvalue weighted by atomic mass is 16.5. The van der Waals surface area contributed by atoms with Crippen LogP contribution in [0.25, 0.3) is 0 Å². The van der Waals surface area contributed by atoms with E-state index in [1.165, 1.54) is 12.0 Å². The second-order valence-electron chi connectivity index (χ2n) is 4.33. The Balaban J connectivity index is 2.44. The lowest BCUT2D eigenvalue weighted by Crippen LogP contribution is -2.17. The molecule has 1 aromatic rings. The van der Waals surface area contributed by atoms with Gasteiger partial charge in [-0.05, 0) is 50.4 Å². The van der Waals surface area contributed by atoms with Crippen molar-refractivity contribution in [2.24, 2.45) is 0 Å². The van der Waals surface area contributed by atoms with Crippen LogP contribution in [-0.2, 0) is 0 Å². The predicted molar refractivity (Wildman–Crippen MR) is 71.6 cm³/mol. The van der Waals surface area contributed by atoms with Gasteiger partial charge in [0.15, 0.2) is 0 Å². The lowest BCUT2D eigenvalue weighted by atomic mass is 9.99. The Labute approximate surface area is 105 Å². The van der Waals surface area contributed by atoms with Gasteiger partial charge in [0.05, 0.1) is 12.8 Å². The molecule has 17 heavy (non-hydrogen) atoms. The maximum Gasteiger partial charge on any atom is 0.137 e. The quantitative estimate of drug-likeness (QED) is 0.705. The summed E-state index contributed by atoms with van der Waals surface area (Å²) in [6.07, 6.45) is 6.04. The minimum Gasteiger partial charge on any atom is -0.492 e. The molecule has 3 nitrogen and oxygen atoms in total. The molecule has 0 bridgehead atoms. The largest absolute Gasteiger partial charge is 0.492 e. The first-order valence-corrected chi connectivity index (χ1v) is 6.56. The molecule has 0 fully saturated rings. The summed E-state index contributed by atoms with van der Waals surface area (Å²) < 4.78 is 5.46. The van der Waals surface area contributed by atoms with Crippen LogP contribution in [0.3, 0.4) is 0 Å². The average molecular weight is 236 g/mol. The van der Waals surface area contributed by atoms with Crippen molar-refractivity contribution in [1.82, 2.24) is 10.3 Å². The highest BCUT2D eigenvalue weighted by Crippen LogP contribution is 2.21. The summed E-state index contributed by atoms with van der Waals surface area (Å²) in [5, 5.41) is 3.42. The monoisotopic (exact) mass is 236 g/mol. The zero-order chi connectivity index (χ0) is 12.5. The van der Waals surface area contributed by atoms with Crippen LogP contribution >= 0.6 is 0 Å². The minimum atomic E-state index is 0.521. The predicted octanol–water partition coefficient (Wildman–Crippen LogP) is 2.97. The zero-order valence-corrected chi connectivity index (χ0v) is 11.2. The molecule has 1 heterocycles. The van der Waals surface area contributed by atoms with Crippen LogP contribution in [0, 0.1) is 0 Å². The minimum absolute atomic E-state index is 0.521. The van der Waals surface area contributed by atoms with Crippen molar-refractivity contribution >= 4 is 0 Å². The number of rotatable bonds is 8. The molecule has 0 aliphatic rings. The molecule has 0 aliphatic carbocycles. The van der Waals surface area contributed by atoms with E-state index in [9.17, 15) is 0 Å². The molecule has 0 aromatic carbocycles. The molecule has 0 aliphatic heterocycles. The fraction of sp³-hybridized carbons (Fsp3) is 0.643. The molecule has 1 unspecified atom stereocenters. The first-order chi connectivity index (χ1) is 8.27. The summed E-state index contributed by atoms with van der Waals surface area (Å²) >= 11 is 0. The number of ether oxygens (including phenoxy) is 1. The van der Waals surface area contributed by atoms with E-state index >= 15 is 0 Å². The van der Waals surface area contributed by atoms with E-state index in [4.69, 9.17) is 4.74 Å². The second kappa shape index (κ2) is 8.07. The summed E-state index contributed by atoms with van der Waals surface area (Å²) in [5.74, 6) is 1.39. The summed E-state index contributed by atoms with van der Waals surface area (Å²) in [4.78, 5) is 4.22. The Hall–Kier alpha value is -1.09. The van der Waals surface area contributed by atoms with Crippen LogP contribution in [0.4, 0.5) is 0 Å². The number of pyridine rings is 1. The normalized spacial score (nSPS) is 12.4. The van der Waals surface area contributed by atoms with Gasteiger partial charge in [-0.25, -0.2) is 0 Å². The van der Waals surface area contributed by atoms with Crippen LogP contribution in [0.2, 0.25) is 0 Å². The highest BCUT2D eigenvalue weighted by molar-refractivity contribution is 5.25. The molecule has 0 amide bonds. The van der Waals surface area contributed by atoms with E-state index in [1.54, 1.807) is 6.20 Å². The van der Waals surface area contributed by atoms with E-state index < -0.39 is 0 Å². The van der Waals surface area contributed by atoms with Crippen molar-refractivity contribution < 1.29 is 4.74 Å². The molecule has 0 saturated carbocycles. The summed E-state index contributed by atoms with van der Waals surface area (Å²) in [7, 11) is 0. The smallest absolute Gasteiger partial charge is 0.137 e. The van der Waals surface area contributed by atoms with Gasteiger partial charge in [-0.3, -0.25) is 4.98 Å². The SMILES string of the molecule is CCCNCCC(C)c1cncc(OCC)c1. The van der Waals surface area contributed by atoms with Gasteiger partial charge >= 0.3 is 0 Å². The first-order valence-electron chi connectivity index (χ1n) is 6.56. The zero-order valence-electron chi connectivity index (χ0n) is 11.2. The molecule has 1 aromatic heterocycles. The Morgan fingerprint density at radius 1 is 1.29 bits per heavy atom. The molecule has 1 atom stereocenters. The number of aromatic nitrogens is 1. The van der Waals surface area contributed by atoms with Gasteiger partial charge in [0.25, 0.3) is 0 Å². The third kappa shape index (κ3) is 5.18. The van der Waals surface area contributed by atoms with Gasteiger partial charge in [0.2, 0.25) is 0 Å². The number of hydrogen-bond acceptors (Lipinski definition) is 3. The Morgan fingerprint density at radius 2 is 2.12 bits per heavy atom. The van der Waals surface area contributed by atoms with Gasteiger partial charge in [-0.2, -0.15) is 0 Å². The number of hydrogen-bond donors (Lipinski definition) is 1. The van der Waals surface area contributed by atoms with Crippen molar-refractivity contribution in [3.05, 3.63) is 24.0 Å². The average Bonchev–Trinajstić information content (AvgIpc) is 2.35. The van der Waals surface area contributed by atoms with Crippen molar-refractivity contribution in [3.8, 4) is 5.75 Å². The lowest BCUT2D eigenvalue weighted by Gasteiger charge is -2.13. The molecule has 1 rings (SSSR count). The van der Waals surface area contributed by atoms with Crippen molar-refractivity contribution in [2.45, 2.75) is 39.5 Å². The Morgan fingerprint density at radius 3 is 2.82 bits per heavy atom. The fourth-order valence-corrected chi connectivity index (χ4v) is 1.74. The van der Waals surface area contributed by atoms with Gasteiger partial charge < -0.3 is 10.1 Å². The van der Waals surface area contributed by atoms with Crippen LogP contribution in [0.5, 0.6) is 5.75 Å². The third-order valence-corrected chi connectivity index (χ3v) is 2.80. The molecular formula is C14H24N2O. The third-order valence-electron chi connectivity index (χ3n) is 2.80. The fourth-order valence-electron chi connectivity index (χ4n) is 1.74. The van der Waals surface area contributed by atoms with E-state index in [1.807, 2.05) is 13.1 Å². The number of nitrogens with one attached hydrogen (secondary N) is 1. The Kier molecular flexibility index (Phi) is 6.63. The molecule has 0 radical (unpaired) electrons. The maximum absolute atomic E-state index is 5.46. The van der Waals surface area contributed by atoms with Gasteiger partial charge in [-0.1, -0.05) is 13.8 Å². The summed E-state index contributed by atoms with van der Waals surface area (Å²) in [6, 6.07) is 2.10. The maximum atomic E-state index is 5.46. The lowest BCUT2D eigenvalue weighted by molar-refractivity contribution is 0.338. The molecule has 3 heteroatoms. The summed E-state index contributed by atoms with van der Waals surface area (Å²) in [6.45, 7) is 9.27. The van der Waals surface area contributed by atoms with Crippen molar-refractivity contribution in [1.29, 1.82) is 0 Å². The van der Waals surface area contributed by atoms with Gasteiger partial charge in [-0.15, -0.1) is 0 Å². The molecule has 0 saturated heterocycles. The van der Waals surface area contributed by atoms with E-state index in [0.29, 0.717) is 12.5 Å². The molecular weight excluding hydrogens is 212 g/mol. The van der Waals surface area contributed by atoms with Crippen LogP contribution in [0.1, 0.15) is 45.1 Å². The molecule has 1 N–H and O–H groups in total. The van der Waals surface area contributed by atoms with Crippen LogP contribution < -0.4 is 10.1 Å². The van der Waals surface area contributed by atoms with Crippen molar-refractivity contribution in [3.63, 3.8) is 0 Å². The molecule has 96 valence electrons. The van der Waals surface area contributed by atoms with Crippen LogP contribution in [0.15, 0.2) is 18.5 Å². The topological polar surface area (TPSA) is 34.2 Å². The van der Waals surface area contributed by atoms with Crippen molar-refractivity contribution in [2.75, 3.05) is 19.7 Å². The Bertz CT molecular complexity index is 315. The highest BCUT2D eigenvalue weighted by Gasteiger charge is 2.06. The summed E-state index contributed by atoms with van der Waals surface area (Å²) in [5.41, 5.74) is 1.26.